The van der Waals surface area contributed by atoms with Crippen LogP contribution in [0.15, 0.2) is 42.5 Å². The maximum atomic E-state index is 10.2. The summed E-state index contributed by atoms with van der Waals surface area (Å²) in [6.45, 7) is 2.02. The Bertz CT molecular complexity index is 853. The number of aromatic hydroxyl groups is 1. The average molecular weight is 262 g/mol. The summed E-state index contributed by atoms with van der Waals surface area (Å²) in [7, 11) is 2.01. The summed E-state index contributed by atoms with van der Waals surface area (Å²) in [4.78, 5) is 0. The summed E-state index contributed by atoms with van der Waals surface area (Å²) in [6, 6.07) is 15.1. The first-order chi connectivity index (χ1) is 9.63. The number of hydrogen-bond donors (Lipinski definition) is 1. The summed E-state index contributed by atoms with van der Waals surface area (Å²) in [5.74, 6) is 0.198. The average Bonchev–Trinajstić information content (AvgIpc) is 2.72. The van der Waals surface area contributed by atoms with Crippen LogP contribution in [0.4, 0.5) is 0 Å². The fourth-order valence-corrected chi connectivity index (χ4v) is 2.67. The van der Waals surface area contributed by atoms with E-state index < -0.39 is 0 Å². The van der Waals surface area contributed by atoms with Crippen molar-refractivity contribution < 1.29 is 5.11 Å². The van der Waals surface area contributed by atoms with Crippen LogP contribution in [-0.2, 0) is 7.05 Å². The maximum Gasteiger partial charge on any atom is 0.123 e. The zero-order valence-corrected chi connectivity index (χ0v) is 11.4. The minimum atomic E-state index is 0.198. The lowest BCUT2D eigenvalue weighted by Gasteiger charge is -2.06. The highest BCUT2D eigenvalue weighted by Crippen LogP contribution is 2.38. The van der Waals surface area contributed by atoms with Gasteiger partial charge in [-0.3, -0.25) is 0 Å². The number of para-hydroxylation sites is 1. The van der Waals surface area contributed by atoms with Crippen molar-refractivity contribution >= 4 is 10.9 Å². The van der Waals surface area contributed by atoms with Gasteiger partial charge in [0.05, 0.1) is 11.6 Å². The van der Waals surface area contributed by atoms with Gasteiger partial charge in [0.2, 0.25) is 0 Å². The number of nitrogens with zero attached hydrogens (tertiary/aromatic N) is 2. The van der Waals surface area contributed by atoms with Gasteiger partial charge in [0.25, 0.3) is 0 Å². The van der Waals surface area contributed by atoms with Crippen molar-refractivity contribution in [3.63, 3.8) is 0 Å². The van der Waals surface area contributed by atoms with E-state index in [2.05, 4.69) is 16.7 Å². The molecule has 20 heavy (non-hydrogen) atoms. The van der Waals surface area contributed by atoms with Crippen molar-refractivity contribution in [1.29, 1.82) is 5.26 Å². The van der Waals surface area contributed by atoms with Crippen LogP contribution in [0.25, 0.3) is 22.0 Å². The van der Waals surface area contributed by atoms with E-state index in [1.165, 1.54) is 0 Å². The minimum Gasteiger partial charge on any atom is -0.507 e. The lowest BCUT2D eigenvalue weighted by molar-refractivity contribution is 0.477. The van der Waals surface area contributed by atoms with Crippen LogP contribution in [0, 0.1) is 18.3 Å². The van der Waals surface area contributed by atoms with Gasteiger partial charge in [-0.1, -0.05) is 18.2 Å². The number of aromatic nitrogens is 1. The number of fused-ring (bicyclic) bond motifs is 1. The molecule has 0 fully saturated rings. The van der Waals surface area contributed by atoms with Crippen LogP contribution in [0.2, 0.25) is 0 Å². The second-order valence-corrected chi connectivity index (χ2v) is 4.88. The Morgan fingerprint density at radius 3 is 2.65 bits per heavy atom. The summed E-state index contributed by atoms with van der Waals surface area (Å²) in [6.07, 6.45) is 0. The van der Waals surface area contributed by atoms with Crippen molar-refractivity contribution in [2.75, 3.05) is 0 Å². The van der Waals surface area contributed by atoms with Gasteiger partial charge in [0.15, 0.2) is 0 Å². The number of rotatable bonds is 1. The second-order valence-electron chi connectivity index (χ2n) is 4.88. The predicted molar refractivity (Wildman–Crippen MR) is 79.5 cm³/mol. The van der Waals surface area contributed by atoms with E-state index in [4.69, 9.17) is 5.26 Å². The Morgan fingerprint density at radius 1 is 1.15 bits per heavy atom. The molecule has 0 atom stereocenters. The molecule has 0 aliphatic carbocycles. The number of phenolic OH excluding ortho intramolecular Hbond substituents is 1. The third-order valence-corrected chi connectivity index (χ3v) is 3.79. The van der Waals surface area contributed by atoms with Gasteiger partial charge in [-0.05, 0) is 31.2 Å². The fourth-order valence-electron chi connectivity index (χ4n) is 2.67. The first kappa shape index (κ1) is 12.3. The number of benzene rings is 2. The van der Waals surface area contributed by atoms with Gasteiger partial charge < -0.3 is 9.67 Å². The van der Waals surface area contributed by atoms with Crippen molar-refractivity contribution in [1.82, 2.24) is 4.57 Å². The summed E-state index contributed by atoms with van der Waals surface area (Å²) in [5.41, 5.74) is 4.42. The largest absolute Gasteiger partial charge is 0.507 e. The highest BCUT2D eigenvalue weighted by Gasteiger charge is 2.16. The molecule has 0 saturated carbocycles. The molecular formula is C17H14N2O. The molecule has 3 heteroatoms. The van der Waals surface area contributed by atoms with Crippen molar-refractivity contribution in [3.05, 3.63) is 53.7 Å². The molecule has 1 aromatic heterocycles. The second kappa shape index (κ2) is 4.43. The molecule has 0 amide bonds. The van der Waals surface area contributed by atoms with Gasteiger partial charge in [0.1, 0.15) is 5.75 Å². The molecule has 0 aliphatic heterocycles. The van der Waals surface area contributed by atoms with E-state index >= 15 is 0 Å². The van der Waals surface area contributed by atoms with Gasteiger partial charge >= 0.3 is 0 Å². The standard InChI is InChI=1S/C17H14N2O/c1-11-17(13-5-3-4-6-15(13)19(11)2)14-9-12(10-18)7-8-16(14)20/h3-9,20H,1-2H3. The first-order valence-electron chi connectivity index (χ1n) is 6.41. The molecule has 0 saturated heterocycles. The lowest BCUT2D eigenvalue weighted by Crippen LogP contribution is -1.90. The van der Waals surface area contributed by atoms with E-state index in [-0.39, 0.29) is 5.75 Å². The molecule has 3 nitrogen and oxygen atoms in total. The summed E-state index contributed by atoms with van der Waals surface area (Å²) in [5, 5.41) is 20.3. The molecule has 0 radical (unpaired) electrons. The fraction of sp³-hybridized carbons (Fsp3) is 0.118. The summed E-state index contributed by atoms with van der Waals surface area (Å²) < 4.78 is 2.10. The van der Waals surface area contributed by atoms with Gasteiger partial charge in [0, 0.05) is 34.8 Å². The van der Waals surface area contributed by atoms with Crippen LogP contribution in [-0.4, -0.2) is 9.67 Å². The Hall–Kier alpha value is -2.73. The highest BCUT2D eigenvalue weighted by molar-refractivity contribution is 5.99. The van der Waals surface area contributed by atoms with Crippen molar-refractivity contribution in [2.45, 2.75) is 6.92 Å². The molecular weight excluding hydrogens is 248 g/mol. The first-order valence-corrected chi connectivity index (χ1v) is 6.41. The third kappa shape index (κ3) is 1.66. The number of hydrogen-bond acceptors (Lipinski definition) is 2. The lowest BCUT2D eigenvalue weighted by atomic mass is 9.99. The monoisotopic (exact) mass is 262 g/mol. The quantitative estimate of drug-likeness (QED) is 0.726. The Kier molecular flexibility index (Phi) is 2.73. The molecule has 0 bridgehead atoms. The zero-order chi connectivity index (χ0) is 14.3. The van der Waals surface area contributed by atoms with Crippen LogP contribution in [0.3, 0.4) is 0 Å². The van der Waals surface area contributed by atoms with E-state index in [0.717, 1.165) is 22.2 Å². The zero-order valence-electron chi connectivity index (χ0n) is 11.4. The normalized spacial score (nSPS) is 10.7. The molecule has 1 N–H and O–H groups in total. The van der Waals surface area contributed by atoms with Crippen LogP contribution in [0.5, 0.6) is 5.75 Å². The molecule has 98 valence electrons. The van der Waals surface area contributed by atoms with Crippen LogP contribution < -0.4 is 0 Å². The van der Waals surface area contributed by atoms with E-state index in [1.807, 2.05) is 32.2 Å². The topological polar surface area (TPSA) is 48.9 Å². The van der Waals surface area contributed by atoms with E-state index in [1.54, 1.807) is 18.2 Å². The van der Waals surface area contributed by atoms with Gasteiger partial charge in [-0.15, -0.1) is 0 Å². The van der Waals surface area contributed by atoms with Crippen molar-refractivity contribution in [3.8, 4) is 22.9 Å². The van der Waals surface area contributed by atoms with E-state index in [9.17, 15) is 5.11 Å². The number of phenols is 1. The Balaban J connectivity index is 2.41. The number of nitriles is 1. The Morgan fingerprint density at radius 2 is 1.90 bits per heavy atom. The maximum absolute atomic E-state index is 10.2. The van der Waals surface area contributed by atoms with Gasteiger partial charge in [-0.25, -0.2) is 0 Å². The smallest absolute Gasteiger partial charge is 0.123 e. The van der Waals surface area contributed by atoms with Crippen molar-refractivity contribution in [2.24, 2.45) is 7.05 Å². The number of aryl methyl sites for hydroxylation is 1. The predicted octanol–water partition coefficient (Wildman–Crippen LogP) is 3.73. The SMILES string of the molecule is Cc1c(-c2cc(C#N)ccc2O)c2ccccc2n1C. The molecule has 3 aromatic rings. The van der Waals surface area contributed by atoms with E-state index in [0.29, 0.717) is 11.1 Å². The molecule has 2 aromatic carbocycles. The van der Waals surface area contributed by atoms with Crippen LogP contribution in [0.1, 0.15) is 11.3 Å². The molecule has 0 aliphatic rings. The molecule has 0 unspecified atom stereocenters. The third-order valence-electron chi connectivity index (χ3n) is 3.79. The summed E-state index contributed by atoms with van der Waals surface area (Å²) >= 11 is 0. The molecule has 0 spiro atoms. The molecule has 1 heterocycles. The minimum absolute atomic E-state index is 0.198. The molecule has 3 rings (SSSR count). The van der Waals surface area contributed by atoms with Gasteiger partial charge in [-0.2, -0.15) is 5.26 Å². The van der Waals surface area contributed by atoms with Crippen LogP contribution >= 0.6 is 0 Å². The Labute approximate surface area is 117 Å². The highest BCUT2D eigenvalue weighted by atomic mass is 16.3.